The number of likely N-dealkylation sites (N-methyl/N-ethyl adjacent to an activating group) is 1. The molecule has 1 saturated heterocycles. The Hall–Kier alpha value is -1.14. The second-order valence-corrected chi connectivity index (χ2v) is 3.90. The van der Waals surface area contributed by atoms with Crippen LogP contribution in [0.5, 0.6) is 0 Å². The van der Waals surface area contributed by atoms with Crippen molar-refractivity contribution in [2.75, 3.05) is 40.4 Å². The lowest BCUT2D eigenvalue weighted by molar-refractivity contribution is -0.148. The molecule has 92 valence electrons. The molecular formula is C10H18N2O4. The summed E-state index contributed by atoms with van der Waals surface area (Å²) in [6.45, 7) is 2.43. The molecule has 0 saturated carbocycles. The van der Waals surface area contributed by atoms with Gasteiger partial charge in [0.2, 0.25) is 5.91 Å². The van der Waals surface area contributed by atoms with Crippen LogP contribution in [0.4, 0.5) is 0 Å². The third kappa shape index (κ3) is 3.18. The van der Waals surface area contributed by atoms with Gasteiger partial charge in [0.25, 0.3) is 0 Å². The number of carbonyl (C=O) groups excluding carboxylic acids is 1. The first-order valence-corrected chi connectivity index (χ1v) is 5.26. The molecule has 1 atom stereocenters. The van der Waals surface area contributed by atoms with E-state index < -0.39 is 12.0 Å². The maximum atomic E-state index is 11.8. The van der Waals surface area contributed by atoms with Gasteiger partial charge >= 0.3 is 5.97 Å². The van der Waals surface area contributed by atoms with Gasteiger partial charge in [0.15, 0.2) is 0 Å². The largest absolute Gasteiger partial charge is 0.481 e. The summed E-state index contributed by atoms with van der Waals surface area (Å²) in [5, 5.41) is 8.78. The highest BCUT2D eigenvalue weighted by Gasteiger charge is 2.34. The molecule has 1 aliphatic rings. The van der Waals surface area contributed by atoms with Crippen LogP contribution in [0.3, 0.4) is 0 Å². The van der Waals surface area contributed by atoms with Crippen molar-refractivity contribution >= 4 is 11.9 Å². The lowest BCUT2D eigenvalue weighted by Gasteiger charge is -2.38. The fraction of sp³-hybridized carbons (Fsp3) is 0.800. The van der Waals surface area contributed by atoms with E-state index in [1.54, 1.807) is 19.1 Å². The van der Waals surface area contributed by atoms with Gasteiger partial charge in [-0.1, -0.05) is 0 Å². The second kappa shape index (κ2) is 5.81. The lowest BCUT2D eigenvalue weighted by Crippen LogP contribution is -2.56. The molecule has 6 nitrogen and oxygen atoms in total. The number of aliphatic carboxylic acids is 1. The van der Waals surface area contributed by atoms with E-state index in [1.807, 2.05) is 4.90 Å². The highest BCUT2D eigenvalue weighted by molar-refractivity contribution is 5.86. The van der Waals surface area contributed by atoms with Gasteiger partial charge in [-0.2, -0.15) is 0 Å². The Balaban J connectivity index is 2.65. The fourth-order valence-corrected chi connectivity index (χ4v) is 1.81. The molecule has 0 bridgehead atoms. The Kier molecular flexibility index (Phi) is 4.70. The molecule has 0 radical (unpaired) electrons. The zero-order valence-corrected chi connectivity index (χ0v) is 9.68. The molecule has 0 aromatic carbocycles. The number of methoxy groups -OCH3 is 1. The smallest absolute Gasteiger partial charge is 0.305 e. The van der Waals surface area contributed by atoms with Crippen LogP contribution in [0.1, 0.15) is 6.42 Å². The topological polar surface area (TPSA) is 70.1 Å². The first-order chi connectivity index (χ1) is 7.56. The van der Waals surface area contributed by atoms with Crippen LogP contribution < -0.4 is 0 Å². The summed E-state index contributed by atoms with van der Waals surface area (Å²) >= 11 is 0. The van der Waals surface area contributed by atoms with E-state index in [0.717, 1.165) is 0 Å². The van der Waals surface area contributed by atoms with E-state index in [9.17, 15) is 9.59 Å². The molecule has 1 fully saturated rings. The number of hydrogen-bond acceptors (Lipinski definition) is 4. The van der Waals surface area contributed by atoms with Crippen LogP contribution in [0.15, 0.2) is 0 Å². The molecule has 6 heteroatoms. The Bertz CT molecular complexity index is 268. The summed E-state index contributed by atoms with van der Waals surface area (Å²) in [6, 6.07) is -0.550. The average molecular weight is 230 g/mol. The van der Waals surface area contributed by atoms with Crippen LogP contribution >= 0.6 is 0 Å². The van der Waals surface area contributed by atoms with Crippen LogP contribution in [-0.4, -0.2) is 73.2 Å². The minimum absolute atomic E-state index is 0.121. The number of carboxylic acids is 1. The average Bonchev–Trinajstić information content (AvgIpc) is 2.23. The van der Waals surface area contributed by atoms with Crippen LogP contribution in [-0.2, 0) is 14.3 Å². The predicted molar refractivity (Wildman–Crippen MR) is 57.1 cm³/mol. The summed E-state index contributed by atoms with van der Waals surface area (Å²) in [5.41, 5.74) is 0. The van der Waals surface area contributed by atoms with Gasteiger partial charge in [-0.15, -0.1) is 0 Å². The number of ether oxygens (including phenoxy) is 1. The first-order valence-electron chi connectivity index (χ1n) is 5.26. The third-order valence-electron chi connectivity index (χ3n) is 2.78. The minimum Gasteiger partial charge on any atom is -0.481 e. The Morgan fingerprint density at radius 1 is 1.56 bits per heavy atom. The monoisotopic (exact) mass is 230 g/mol. The molecule has 1 heterocycles. The number of piperazine rings is 1. The highest BCUT2D eigenvalue weighted by Crippen LogP contribution is 2.13. The van der Waals surface area contributed by atoms with Crippen molar-refractivity contribution < 1.29 is 19.4 Å². The van der Waals surface area contributed by atoms with Gasteiger partial charge in [0.1, 0.15) is 0 Å². The SMILES string of the molecule is COCCN1CCN(C)C(=O)C1CC(=O)O. The first kappa shape index (κ1) is 12.9. The fourth-order valence-electron chi connectivity index (χ4n) is 1.81. The lowest BCUT2D eigenvalue weighted by atomic mass is 10.1. The van der Waals surface area contributed by atoms with Crippen molar-refractivity contribution in [3.8, 4) is 0 Å². The Morgan fingerprint density at radius 2 is 2.25 bits per heavy atom. The summed E-state index contributed by atoms with van der Waals surface area (Å²) in [6.07, 6.45) is -0.146. The number of carbonyl (C=O) groups is 2. The molecule has 0 aromatic heterocycles. The quantitative estimate of drug-likeness (QED) is 0.673. The highest BCUT2D eigenvalue weighted by atomic mass is 16.5. The van der Waals surface area contributed by atoms with Crippen molar-refractivity contribution in [1.82, 2.24) is 9.80 Å². The van der Waals surface area contributed by atoms with E-state index in [-0.39, 0.29) is 12.3 Å². The van der Waals surface area contributed by atoms with Gasteiger partial charge in [-0.25, -0.2) is 0 Å². The normalized spacial score (nSPS) is 22.5. The van der Waals surface area contributed by atoms with Gasteiger partial charge in [-0.05, 0) is 0 Å². The van der Waals surface area contributed by atoms with Crippen molar-refractivity contribution in [3.05, 3.63) is 0 Å². The summed E-state index contributed by atoms with van der Waals surface area (Å²) in [7, 11) is 3.29. The minimum atomic E-state index is -0.948. The van der Waals surface area contributed by atoms with Gasteiger partial charge in [0.05, 0.1) is 19.1 Å². The van der Waals surface area contributed by atoms with Crippen LogP contribution in [0.2, 0.25) is 0 Å². The molecular weight excluding hydrogens is 212 g/mol. The van der Waals surface area contributed by atoms with Crippen LogP contribution in [0, 0.1) is 0 Å². The number of nitrogens with zero attached hydrogens (tertiary/aromatic N) is 2. The molecule has 16 heavy (non-hydrogen) atoms. The standard InChI is InChI=1S/C10H18N2O4/c1-11-3-4-12(5-6-16-2)8(10(11)15)7-9(13)14/h8H,3-7H2,1-2H3,(H,13,14). The molecule has 1 unspecified atom stereocenters. The van der Waals surface area contributed by atoms with E-state index in [2.05, 4.69) is 0 Å². The summed E-state index contributed by atoms with van der Waals surface area (Å²) < 4.78 is 4.95. The van der Waals surface area contributed by atoms with E-state index >= 15 is 0 Å². The van der Waals surface area contributed by atoms with Gasteiger partial charge < -0.3 is 14.7 Å². The van der Waals surface area contributed by atoms with E-state index in [4.69, 9.17) is 9.84 Å². The molecule has 0 aromatic rings. The van der Waals surface area contributed by atoms with Crippen molar-refractivity contribution in [2.45, 2.75) is 12.5 Å². The van der Waals surface area contributed by atoms with E-state index in [0.29, 0.717) is 26.2 Å². The maximum Gasteiger partial charge on any atom is 0.305 e. The van der Waals surface area contributed by atoms with E-state index in [1.165, 1.54) is 0 Å². The molecule has 0 aliphatic carbocycles. The van der Waals surface area contributed by atoms with Crippen molar-refractivity contribution in [2.24, 2.45) is 0 Å². The van der Waals surface area contributed by atoms with Gasteiger partial charge in [0, 0.05) is 33.8 Å². The predicted octanol–water partition coefficient (Wildman–Crippen LogP) is -0.750. The molecule has 0 spiro atoms. The maximum absolute atomic E-state index is 11.8. The molecule has 1 aliphatic heterocycles. The Labute approximate surface area is 94.8 Å². The molecule has 1 amide bonds. The van der Waals surface area contributed by atoms with Crippen molar-refractivity contribution in [3.63, 3.8) is 0 Å². The third-order valence-corrected chi connectivity index (χ3v) is 2.78. The molecule has 1 rings (SSSR count). The number of carboxylic acid groups (broad SMARTS) is 1. The number of rotatable bonds is 5. The zero-order chi connectivity index (χ0) is 12.1. The molecule has 1 N–H and O–H groups in total. The second-order valence-electron chi connectivity index (χ2n) is 3.90. The Morgan fingerprint density at radius 3 is 2.81 bits per heavy atom. The number of hydrogen-bond donors (Lipinski definition) is 1. The van der Waals surface area contributed by atoms with Crippen molar-refractivity contribution in [1.29, 1.82) is 0 Å². The summed E-state index contributed by atoms with van der Waals surface area (Å²) in [4.78, 5) is 26.0. The number of amides is 1. The van der Waals surface area contributed by atoms with Gasteiger partial charge in [-0.3, -0.25) is 14.5 Å². The zero-order valence-electron chi connectivity index (χ0n) is 9.68. The summed E-state index contributed by atoms with van der Waals surface area (Å²) in [5.74, 6) is -1.07. The van der Waals surface area contributed by atoms with Crippen LogP contribution in [0.25, 0.3) is 0 Å².